The predicted molar refractivity (Wildman–Crippen MR) is 78.2 cm³/mol. The summed E-state index contributed by atoms with van der Waals surface area (Å²) in [6.45, 7) is 0.0488. The number of aromatic amines is 1. The van der Waals surface area contributed by atoms with Crippen molar-refractivity contribution in [3.05, 3.63) is 51.8 Å². The first-order valence-electron chi connectivity index (χ1n) is 5.65. The molecule has 112 valence electrons. The van der Waals surface area contributed by atoms with E-state index in [1.165, 1.54) is 6.07 Å². The molecular weight excluding hydrogens is 339 g/mol. The number of carbonyl (C=O) groups is 1. The van der Waals surface area contributed by atoms with Gasteiger partial charge in [-0.15, -0.1) is 0 Å². The van der Waals surface area contributed by atoms with Crippen molar-refractivity contribution >= 4 is 39.2 Å². The van der Waals surface area contributed by atoms with Gasteiger partial charge in [0, 0.05) is 18.9 Å². The number of nitrogens with one attached hydrogen (secondary N) is 2. The van der Waals surface area contributed by atoms with Gasteiger partial charge in [-0.25, -0.2) is 17.9 Å². The second kappa shape index (κ2) is 6.07. The minimum absolute atomic E-state index is 0.0488. The molecule has 2 rings (SSSR count). The second-order valence-corrected chi connectivity index (χ2v) is 6.60. The molecule has 2 aromatic rings. The summed E-state index contributed by atoms with van der Waals surface area (Å²) < 4.78 is 26.7. The van der Waals surface area contributed by atoms with Crippen molar-refractivity contribution in [2.45, 2.75) is 11.4 Å². The average Bonchev–Trinajstić information content (AvgIpc) is 2.88. The quantitative estimate of drug-likeness (QED) is 0.772. The third kappa shape index (κ3) is 3.38. The molecule has 0 radical (unpaired) electrons. The van der Waals surface area contributed by atoms with E-state index in [1.807, 2.05) is 0 Å². The van der Waals surface area contributed by atoms with Gasteiger partial charge in [0.1, 0.15) is 4.90 Å². The number of rotatable bonds is 5. The first-order chi connectivity index (χ1) is 9.83. The molecule has 0 fully saturated rings. The number of aromatic carboxylic acids is 1. The highest BCUT2D eigenvalue weighted by molar-refractivity contribution is 7.89. The third-order valence-corrected chi connectivity index (χ3v) is 4.95. The van der Waals surface area contributed by atoms with E-state index in [2.05, 4.69) is 9.71 Å². The van der Waals surface area contributed by atoms with Crippen molar-refractivity contribution in [1.82, 2.24) is 9.71 Å². The number of aromatic nitrogens is 1. The normalized spacial score (nSPS) is 11.5. The molecule has 0 saturated carbocycles. The minimum Gasteiger partial charge on any atom is -0.478 e. The Kier molecular flexibility index (Phi) is 4.58. The Balaban J connectivity index is 2.36. The molecule has 6 nitrogen and oxygen atoms in total. The van der Waals surface area contributed by atoms with Crippen molar-refractivity contribution in [2.24, 2.45) is 0 Å². The fourth-order valence-corrected chi connectivity index (χ4v) is 3.60. The largest absolute Gasteiger partial charge is 0.478 e. The van der Waals surface area contributed by atoms with Crippen LogP contribution in [0.2, 0.25) is 10.0 Å². The van der Waals surface area contributed by atoms with E-state index in [9.17, 15) is 13.2 Å². The molecule has 0 amide bonds. The van der Waals surface area contributed by atoms with E-state index >= 15 is 0 Å². The van der Waals surface area contributed by atoms with Crippen LogP contribution in [-0.4, -0.2) is 24.5 Å². The lowest BCUT2D eigenvalue weighted by Gasteiger charge is -2.10. The van der Waals surface area contributed by atoms with Crippen LogP contribution in [0.3, 0.4) is 0 Å². The number of sulfonamides is 1. The Morgan fingerprint density at radius 2 is 2.00 bits per heavy atom. The van der Waals surface area contributed by atoms with Crippen LogP contribution in [-0.2, 0) is 16.6 Å². The zero-order chi connectivity index (χ0) is 15.6. The molecule has 0 aliphatic rings. The lowest BCUT2D eigenvalue weighted by molar-refractivity contribution is 0.0697. The molecule has 1 aromatic carbocycles. The highest BCUT2D eigenvalue weighted by Crippen LogP contribution is 2.31. The molecule has 0 bridgehead atoms. The number of hydrogen-bond donors (Lipinski definition) is 3. The summed E-state index contributed by atoms with van der Waals surface area (Å²) in [5.74, 6) is -1.40. The summed E-state index contributed by atoms with van der Waals surface area (Å²) in [5.41, 5.74) is 0.282. The fraction of sp³-hybridized carbons (Fsp3) is 0.0833. The van der Waals surface area contributed by atoms with Gasteiger partial charge in [0.05, 0.1) is 15.6 Å². The van der Waals surface area contributed by atoms with Crippen LogP contribution in [0.15, 0.2) is 35.5 Å². The van der Waals surface area contributed by atoms with Crippen molar-refractivity contribution in [1.29, 1.82) is 0 Å². The smallest absolute Gasteiger partial charge is 0.338 e. The summed E-state index contributed by atoms with van der Waals surface area (Å²) in [6, 6.07) is 4.05. The SMILES string of the molecule is O=C(O)c1c(Cl)ccc(S(=O)(=O)NCc2cc[nH]c2)c1Cl. The molecule has 0 atom stereocenters. The first kappa shape index (κ1) is 15.8. The number of benzene rings is 1. The Hall–Kier alpha value is -1.54. The molecule has 0 aliphatic carbocycles. The summed E-state index contributed by atoms with van der Waals surface area (Å²) in [6.07, 6.45) is 3.29. The van der Waals surface area contributed by atoms with Gasteiger partial charge in [-0.1, -0.05) is 23.2 Å². The van der Waals surface area contributed by atoms with Gasteiger partial charge >= 0.3 is 5.97 Å². The zero-order valence-electron chi connectivity index (χ0n) is 10.4. The van der Waals surface area contributed by atoms with Crippen LogP contribution < -0.4 is 4.72 Å². The van der Waals surface area contributed by atoms with Crippen molar-refractivity contribution in [3.63, 3.8) is 0 Å². The number of halogens is 2. The number of carboxylic acid groups (broad SMARTS) is 1. The summed E-state index contributed by atoms with van der Waals surface area (Å²) in [7, 11) is -3.96. The maximum Gasteiger partial charge on any atom is 0.338 e. The van der Waals surface area contributed by atoms with Crippen LogP contribution in [0.5, 0.6) is 0 Å². The number of carboxylic acids is 1. The van der Waals surface area contributed by atoms with E-state index in [-0.39, 0.29) is 16.5 Å². The highest BCUT2D eigenvalue weighted by Gasteiger charge is 2.24. The molecule has 0 saturated heterocycles. The van der Waals surface area contributed by atoms with Crippen molar-refractivity contribution in [3.8, 4) is 0 Å². The van der Waals surface area contributed by atoms with Gasteiger partial charge in [0.15, 0.2) is 0 Å². The third-order valence-electron chi connectivity index (χ3n) is 2.69. The molecule has 3 N–H and O–H groups in total. The standard InChI is InChI=1S/C12H10Cl2N2O4S/c13-8-1-2-9(11(14)10(8)12(17)18)21(19,20)16-6-7-3-4-15-5-7/h1-5,15-16H,6H2,(H,17,18). The van der Waals surface area contributed by atoms with Gasteiger partial charge in [0.2, 0.25) is 10.0 Å². The molecule has 0 aliphatic heterocycles. The summed E-state index contributed by atoms with van der Waals surface area (Å²) in [4.78, 5) is 13.5. The van der Waals surface area contributed by atoms with Gasteiger partial charge in [0.25, 0.3) is 0 Å². The van der Waals surface area contributed by atoms with E-state index in [1.54, 1.807) is 18.5 Å². The van der Waals surface area contributed by atoms with Crippen molar-refractivity contribution in [2.75, 3.05) is 0 Å². The maximum absolute atomic E-state index is 12.2. The van der Waals surface area contributed by atoms with E-state index in [0.29, 0.717) is 0 Å². The van der Waals surface area contributed by atoms with E-state index in [4.69, 9.17) is 28.3 Å². The van der Waals surface area contributed by atoms with Crippen LogP contribution in [0.1, 0.15) is 15.9 Å². The molecule has 1 heterocycles. The van der Waals surface area contributed by atoms with E-state index < -0.39 is 26.6 Å². The Morgan fingerprint density at radius 3 is 2.57 bits per heavy atom. The highest BCUT2D eigenvalue weighted by atomic mass is 35.5. The molecule has 0 unspecified atom stereocenters. The molecule has 1 aromatic heterocycles. The Bertz CT molecular complexity index is 773. The van der Waals surface area contributed by atoms with Crippen LogP contribution in [0, 0.1) is 0 Å². The van der Waals surface area contributed by atoms with Crippen LogP contribution in [0.25, 0.3) is 0 Å². The van der Waals surface area contributed by atoms with Gasteiger partial charge in [-0.2, -0.15) is 0 Å². The monoisotopic (exact) mass is 348 g/mol. The maximum atomic E-state index is 12.2. The summed E-state index contributed by atoms with van der Waals surface area (Å²) in [5, 5.41) is 8.48. The second-order valence-electron chi connectivity index (χ2n) is 4.08. The first-order valence-corrected chi connectivity index (χ1v) is 7.89. The molecule has 0 spiro atoms. The van der Waals surface area contributed by atoms with Crippen molar-refractivity contribution < 1.29 is 18.3 Å². The molecular formula is C12H10Cl2N2O4S. The summed E-state index contributed by atoms with van der Waals surface area (Å²) >= 11 is 11.6. The van der Waals surface area contributed by atoms with Gasteiger partial charge in [-0.3, -0.25) is 0 Å². The fourth-order valence-electron chi connectivity index (χ4n) is 1.66. The lowest BCUT2D eigenvalue weighted by Crippen LogP contribution is -2.24. The Morgan fingerprint density at radius 1 is 1.29 bits per heavy atom. The van der Waals surface area contributed by atoms with Gasteiger partial charge < -0.3 is 10.1 Å². The lowest BCUT2D eigenvalue weighted by atomic mass is 10.2. The van der Waals surface area contributed by atoms with Crippen LogP contribution >= 0.6 is 23.2 Å². The molecule has 21 heavy (non-hydrogen) atoms. The van der Waals surface area contributed by atoms with Gasteiger partial charge in [-0.05, 0) is 23.8 Å². The average molecular weight is 349 g/mol. The number of hydrogen-bond acceptors (Lipinski definition) is 3. The Labute approximate surface area is 130 Å². The topological polar surface area (TPSA) is 99.3 Å². The molecule has 9 heteroatoms. The number of H-pyrrole nitrogens is 1. The van der Waals surface area contributed by atoms with Crippen LogP contribution in [0.4, 0.5) is 0 Å². The predicted octanol–water partition coefficient (Wildman–Crippen LogP) is 2.50. The zero-order valence-corrected chi connectivity index (χ0v) is 12.8. The minimum atomic E-state index is -3.96. The van der Waals surface area contributed by atoms with E-state index in [0.717, 1.165) is 11.6 Å².